The molecule has 4 rings (SSSR count). The summed E-state index contributed by atoms with van der Waals surface area (Å²) in [4.78, 5) is 28.9. The van der Waals surface area contributed by atoms with Gasteiger partial charge >= 0.3 is 12.3 Å². The van der Waals surface area contributed by atoms with Crippen LogP contribution in [0.1, 0.15) is 38.7 Å². The fraction of sp³-hybridized carbons (Fsp3) is 0.227. The van der Waals surface area contributed by atoms with Crippen LogP contribution in [0, 0.1) is 5.82 Å². The number of rotatable bonds is 5. The number of carboxylic acids is 1. The van der Waals surface area contributed by atoms with Gasteiger partial charge in [-0.25, -0.2) is 9.18 Å². The highest BCUT2D eigenvalue weighted by molar-refractivity contribution is 5.96. The molecule has 12 heteroatoms. The Hall–Kier alpha value is -4.09. The number of hydrogen-bond acceptors (Lipinski definition) is 5. The van der Waals surface area contributed by atoms with E-state index in [0.717, 1.165) is 12.1 Å². The number of pyridine rings is 1. The lowest BCUT2D eigenvalue weighted by atomic mass is 9.81. The van der Waals surface area contributed by atoms with Crippen molar-refractivity contribution in [1.29, 1.82) is 0 Å². The van der Waals surface area contributed by atoms with E-state index in [4.69, 9.17) is 4.74 Å². The molecule has 0 fully saturated rings. The largest absolute Gasteiger partial charge is 0.573 e. The molecule has 0 saturated carbocycles. The molecular weight excluding hydrogens is 462 g/mol. The van der Waals surface area contributed by atoms with E-state index >= 15 is 0 Å². The van der Waals surface area contributed by atoms with Gasteiger partial charge in [-0.15, -0.1) is 13.2 Å². The molecule has 0 saturated heterocycles. The first kappa shape index (κ1) is 23.1. The second kappa shape index (κ2) is 8.36. The molecule has 0 bridgehead atoms. The summed E-state index contributed by atoms with van der Waals surface area (Å²) in [7, 11) is 1.39. The van der Waals surface area contributed by atoms with Crippen LogP contribution in [0.4, 0.5) is 17.6 Å². The van der Waals surface area contributed by atoms with E-state index < -0.39 is 35.3 Å². The second-order valence-electron chi connectivity index (χ2n) is 7.47. The molecule has 1 atom stereocenters. The monoisotopic (exact) mass is 479 g/mol. The molecule has 3 aromatic rings. The average molecular weight is 479 g/mol. The average Bonchev–Trinajstić information content (AvgIpc) is 3.16. The van der Waals surface area contributed by atoms with E-state index in [1.807, 2.05) is 0 Å². The van der Waals surface area contributed by atoms with Crippen molar-refractivity contribution in [3.05, 3.63) is 77.1 Å². The van der Waals surface area contributed by atoms with Crippen molar-refractivity contribution >= 4 is 11.9 Å². The first-order valence-corrected chi connectivity index (χ1v) is 9.87. The van der Waals surface area contributed by atoms with Crippen molar-refractivity contribution in [3.8, 4) is 11.5 Å². The van der Waals surface area contributed by atoms with Crippen LogP contribution in [0.3, 0.4) is 0 Å². The summed E-state index contributed by atoms with van der Waals surface area (Å²) < 4.78 is 62.9. The Balaban J connectivity index is 1.81. The minimum atomic E-state index is -5.09. The molecule has 0 aliphatic carbocycles. The van der Waals surface area contributed by atoms with Gasteiger partial charge in [-0.3, -0.25) is 9.78 Å². The number of nitrogens with zero attached hydrogens (tertiary/aromatic N) is 2. The number of hydrogen-bond donors (Lipinski definition) is 2. The number of nitrogens with one attached hydrogen (secondary N) is 1. The Bertz CT molecular complexity index is 1270. The Morgan fingerprint density at radius 3 is 2.59 bits per heavy atom. The molecule has 2 aromatic heterocycles. The zero-order chi connectivity index (χ0) is 24.7. The summed E-state index contributed by atoms with van der Waals surface area (Å²) in [6, 6.07) is 8.59. The molecule has 1 unspecified atom stereocenters. The number of benzene rings is 1. The third-order valence-electron chi connectivity index (χ3n) is 5.46. The quantitative estimate of drug-likeness (QED) is 0.542. The van der Waals surface area contributed by atoms with Crippen LogP contribution in [0.2, 0.25) is 0 Å². The van der Waals surface area contributed by atoms with Crippen molar-refractivity contribution in [3.63, 3.8) is 0 Å². The van der Waals surface area contributed by atoms with Gasteiger partial charge in [0.15, 0.2) is 11.6 Å². The Labute approximate surface area is 189 Å². The third-order valence-corrected chi connectivity index (χ3v) is 5.46. The first-order chi connectivity index (χ1) is 16.0. The predicted octanol–water partition coefficient (Wildman–Crippen LogP) is 3.61. The maximum atomic E-state index is 14.6. The van der Waals surface area contributed by atoms with Gasteiger partial charge in [-0.05, 0) is 42.0 Å². The number of aromatic nitrogens is 2. The molecule has 1 aromatic carbocycles. The minimum absolute atomic E-state index is 0.00163. The van der Waals surface area contributed by atoms with Crippen molar-refractivity contribution in [2.24, 2.45) is 7.05 Å². The normalized spacial score (nSPS) is 17.4. The number of alkyl halides is 3. The van der Waals surface area contributed by atoms with Crippen LogP contribution < -0.4 is 14.8 Å². The Kier molecular flexibility index (Phi) is 5.67. The molecule has 0 spiro atoms. The van der Waals surface area contributed by atoms with Crippen LogP contribution in [-0.4, -0.2) is 39.5 Å². The zero-order valence-corrected chi connectivity index (χ0v) is 17.5. The number of halogens is 4. The molecule has 178 valence electrons. The highest BCUT2D eigenvalue weighted by Crippen LogP contribution is 2.42. The zero-order valence-electron chi connectivity index (χ0n) is 17.5. The maximum absolute atomic E-state index is 14.6. The number of carbonyl (C=O) groups excluding carboxylic acids is 1. The fourth-order valence-electron chi connectivity index (χ4n) is 3.92. The van der Waals surface area contributed by atoms with Gasteiger partial charge in [-0.1, -0.05) is 6.07 Å². The SMILES string of the molecule is Cn1c(C(=O)O)ccc1C(=O)NC1(c2ccc(OC(F)(F)F)c(F)c2)CCOc2cccnc21. The van der Waals surface area contributed by atoms with Gasteiger partial charge in [0.25, 0.3) is 5.91 Å². The molecule has 2 N–H and O–H groups in total. The molecule has 0 radical (unpaired) electrons. The first-order valence-electron chi connectivity index (χ1n) is 9.87. The summed E-state index contributed by atoms with van der Waals surface area (Å²) in [6.07, 6.45) is -3.59. The predicted molar refractivity (Wildman–Crippen MR) is 108 cm³/mol. The molecule has 1 aliphatic heterocycles. The maximum Gasteiger partial charge on any atom is 0.573 e. The van der Waals surface area contributed by atoms with Gasteiger partial charge in [0.1, 0.15) is 28.4 Å². The summed E-state index contributed by atoms with van der Waals surface area (Å²) in [5.41, 5.74) is -1.31. The fourth-order valence-corrected chi connectivity index (χ4v) is 3.92. The standard InChI is InChI=1S/C22H17F4N3O5/c1-29-14(5-6-15(29)20(31)32)19(30)28-21(8-10-33-17-3-2-9-27-18(17)21)12-4-7-16(13(23)11-12)34-22(24,25)26/h2-7,9,11H,8,10H2,1H3,(H,28,30)(H,31,32). The molecular formula is C22H17F4N3O5. The number of carbonyl (C=O) groups is 2. The Morgan fingerprint density at radius 2 is 1.94 bits per heavy atom. The third kappa shape index (κ3) is 4.14. The molecule has 34 heavy (non-hydrogen) atoms. The van der Waals surface area contributed by atoms with Crippen LogP contribution in [0.25, 0.3) is 0 Å². The molecule has 1 aliphatic rings. The lowest BCUT2D eigenvalue weighted by Crippen LogP contribution is -2.50. The van der Waals surface area contributed by atoms with Crippen molar-refractivity contribution in [2.75, 3.05) is 6.61 Å². The topological polar surface area (TPSA) is 103 Å². The van der Waals surface area contributed by atoms with E-state index in [9.17, 15) is 32.3 Å². The number of ether oxygens (including phenoxy) is 2. The second-order valence-corrected chi connectivity index (χ2v) is 7.47. The summed E-state index contributed by atoms with van der Waals surface area (Å²) in [5, 5.41) is 12.0. The molecule has 1 amide bonds. The van der Waals surface area contributed by atoms with E-state index in [2.05, 4.69) is 15.0 Å². The highest BCUT2D eigenvalue weighted by Gasteiger charge is 2.44. The number of fused-ring (bicyclic) bond motifs is 1. The summed E-state index contributed by atoms with van der Waals surface area (Å²) in [6.45, 7) is 0.0783. The van der Waals surface area contributed by atoms with Gasteiger partial charge in [0, 0.05) is 19.7 Å². The minimum Gasteiger partial charge on any atom is -0.491 e. The Morgan fingerprint density at radius 1 is 1.21 bits per heavy atom. The van der Waals surface area contributed by atoms with E-state index in [1.54, 1.807) is 12.1 Å². The molecule has 3 heterocycles. The summed E-state index contributed by atoms with van der Waals surface area (Å²) in [5.74, 6) is -3.97. The van der Waals surface area contributed by atoms with Crippen molar-refractivity contribution in [1.82, 2.24) is 14.9 Å². The van der Waals surface area contributed by atoms with E-state index in [0.29, 0.717) is 5.75 Å². The van der Waals surface area contributed by atoms with Crippen LogP contribution in [-0.2, 0) is 12.6 Å². The lowest BCUT2D eigenvalue weighted by Gasteiger charge is -2.39. The summed E-state index contributed by atoms with van der Waals surface area (Å²) >= 11 is 0. The van der Waals surface area contributed by atoms with Gasteiger partial charge in [-0.2, -0.15) is 0 Å². The van der Waals surface area contributed by atoms with Gasteiger partial charge < -0.3 is 24.5 Å². The van der Waals surface area contributed by atoms with Crippen molar-refractivity contribution < 1.29 is 41.7 Å². The van der Waals surface area contributed by atoms with Gasteiger partial charge in [0.2, 0.25) is 0 Å². The smallest absolute Gasteiger partial charge is 0.491 e. The number of carboxylic acid groups (broad SMARTS) is 1. The van der Waals surface area contributed by atoms with Crippen LogP contribution >= 0.6 is 0 Å². The number of aromatic carboxylic acids is 1. The highest BCUT2D eigenvalue weighted by atomic mass is 19.4. The van der Waals surface area contributed by atoms with E-state index in [1.165, 1.54) is 36.0 Å². The molecule has 8 nitrogen and oxygen atoms in total. The van der Waals surface area contributed by atoms with E-state index in [-0.39, 0.29) is 35.7 Å². The van der Waals surface area contributed by atoms with Crippen LogP contribution in [0.5, 0.6) is 11.5 Å². The number of amides is 1. The van der Waals surface area contributed by atoms with Crippen molar-refractivity contribution in [2.45, 2.75) is 18.3 Å². The lowest BCUT2D eigenvalue weighted by molar-refractivity contribution is -0.275. The van der Waals surface area contributed by atoms with Gasteiger partial charge in [0.05, 0.1) is 6.61 Å². The van der Waals surface area contributed by atoms with Crippen LogP contribution in [0.15, 0.2) is 48.7 Å².